The molecule has 2 aromatic rings. The first-order chi connectivity index (χ1) is 13.1. The van der Waals surface area contributed by atoms with Crippen molar-refractivity contribution < 1.29 is 14.3 Å². The van der Waals surface area contributed by atoms with Gasteiger partial charge in [0.1, 0.15) is 11.6 Å². The molecule has 1 aliphatic rings. The van der Waals surface area contributed by atoms with Gasteiger partial charge in [-0.05, 0) is 62.0 Å². The number of halogens is 1. The lowest BCUT2D eigenvalue weighted by Crippen LogP contribution is -2.31. The number of phenolic OH excluding ortho intramolecular Hbond substituents is 1. The van der Waals surface area contributed by atoms with E-state index < -0.39 is 11.7 Å². The molecule has 2 N–H and O–H groups in total. The first kappa shape index (κ1) is 19.4. The van der Waals surface area contributed by atoms with Crippen LogP contribution in [0.15, 0.2) is 42.5 Å². The van der Waals surface area contributed by atoms with Crippen LogP contribution in [0.2, 0.25) is 0 Å². The number of rotatable bonds is 7. The highest BCUT2D eigenvalue weighted by molar-refractivity contribution is 5.96. The molecule has 0 spiro atoms. The normalized spacial score (nSPS) is 14.9. The Morgan fingerprint density at radius 1 is 1.00 bits per heavy atom. The summed E-state index contributed by atoms with van der Waals surface area (Å²) in [4.78, 5) is 14.6. The molecule has 1 amide bonds. The topological polar surface area (TPSA) is 52.6 Å². The summed E-state index contributed by atoms with van der Waals surface area (Å²) < 4.78 is 13.0. The zero-order chi connectivity index (χ0) is 19.1. The lowest BCUT2D eigenvalue weighted by atomic mass is 10.1. The highest BCUT2D eigenvalue weighted by atomic mass is 19.1. The van der Waals surface area contributed by atoms with Crippen LogP contribution in [0.3, 0.4) is 0 Å². The lowest BCUT2D eigenvalue weighted by Gasteiger charge is -2.26. The van der Waals surface area contributed by atoms with Crippen molar-refractivity contribution in [1.29, 1.82) is 0 Å². The Morgan fingerprint density at radius 3 is 2.33 bits per heavy atom. The van der Waals surface area contributed by atoms with E-state index in [1.165, 1.54) is 44.0 Å². The van der Waals surface area contributed by atoms with Crippen molar-refractivity contribution in [3.63, 3.8) is 0 Å². The number of carbonyl (C=O) groups is 1. The zero-order valence-electron chi connectivity index (χ0n) is 15.6. The van der Waals surface area contributed by atoms with Crippen LogP contribution in [0.5, 0.6) is 5.75 Å². The number of amides is 1. The summed E-state index contributed by atoms with van der Waals surface area (Å²) in [6, 6.07) is 11.9. The molecule has 1 saturated heterocycles. The number of phenols is 1. The Morgan fingerprint density at radius 2 is 1.67 bits per heavy atom. The smallest absolute Gasteiger partial charge is 0.255 e. The van der Waals surface area contributed by atoms with Crippen LogP contribution in [-0.2, 0) is 12.8 Å². The number of hydrogen-bond acceptors (Lipinski definition) is 3. The molecule has 4 nitrogen and oxygen atoms in total. The van der Waals surface area contributed by atoms with Crippen LogP contribution in [-0.4, -0.2) is 42.1 Å². The van der Waals surface area contributed by atoms with Gasteiger partial charge in [0.2, 0.25) is 0 Å². The van der Waals surface area contributed by atoms with Gasteiger partial charge in [-0.15, -0.1) is 0 Å². The van der Waals surface area contributed by atoms with Crippen molar-refractivity contribution >= 4 is 5.91 Å². The molecule has 0 bridgehead atoms. The van der Waals surface area contributed by atoms with E-state index in [4.69, 9.17) is 0 Å². The number of piperidine rings is 1. The molecule has 2 aromatic carbocycles. The largest absolute Gasteiger partial charge is 0.507 e. The fourth-order valence-corrected chi connectivity index (χ4v) is 3.46. The minimum absolute atomic E-state index is 0.0875. The number of nitrogens with one attached hydrogen (secondary N) is 1. The SMILES string of the molecule is O=C(NCCc1ccc(CCN2CCCCC2)cc1)c1ccc(F)cc1O. The van der Waals surface area contributed by atoms with Gasteiger partial charge in [0, 0.05) is 19.2 Å². The minimum atomic E-state index is -0.565. The Labute approximate surface area is 160 Å². The highest BCUT2D eigenvalue weighted by Crippen LogP contribution is 2.17. The summed E-state index contributed by atoms with van der Waals surface area (Å²) in [5.41, 5.74) is 2.58. The Bertz CT molecular complexity index is 755. The Balaban J connectivity index is 1.42. The van der Waals surface area contributed by atoms with Gasteiger partial charge in [0.05, 0.1) is 5.56 Å². The van der Waals surface area contributed by atoms with E-state index in [9.17, 15) is 14.3 Å². The fraction of sp³-hybridized carbons (Fsp3) is 0.409. The molecule has 144 valence electrons. The number of hydrogen-bond donors (Lipinski definition) is 2. The first-order valence-electron chi connectivity index (χ1n) is 9.69. The zero-order valence-corrected chi connectivity index (χ0v) is 15.6. The number of carbonyl (C=O) groups excluding carboxylic acids is 1. The quantitative estimate of drug-likeness (QED) is 0.784. The predicted molar refractivity (Wildman–Crippen MR) is 105 cm³/mol. The van der Waals surface area contributed by atoms with Crippen LogP contribution in [0.1, 0.15) is 40.7 Å². The van der Waals surface area contributed by atoms with E-state index >= 15 is 0 Å². The van der Waals surface area contributed by atoms with Crippen molar-refractivity contribution in [2.45, 2.75) is 32.1 Å². The van der Waals surface area contributed by atoms with Crippen LogP contribution in [0.25, 0.3) is 0 Å². The number of likely N-dealkylation sites (tertiary alicyclic amines) is 1. The molecular formula is C22H27FN2O2. The van der Waals surface area contributed by atoms with E-state index in [0.29, 0.717) is 13.0 Å². The van der Waals surface area contributed by atoms with Crippen LogP contribution in [0, 0.1) is 5.82 Å². The van der Waals surface area contributed by atoms with Gasteiger partial charge in [-0.2, -0.15) is 0 Å². The molecule has 0 aliphatic carbocycles. The summed E-state index contributed by atoms with van der Waals surface area (Å²) in [6.45, 7) is 4.03. The molecule has 0 radical (unpaired) electrons. The van der Waals surface area contributed by atoms with Crippen molar-refractivity contribution in [2.75, 3.05) is 26.2 Å². The van der Waals surface area contributed by atoms with Gasteiger partial charge in [-0.3, -0.25) is 4.79 Å². The van der Waals surface area contributed by atoms with Gasteiger partial charge in [-0.1, -0.05) is 30.7 Å². The molecule has 0 aromatic heterocycles. The molecule has 0 atom stereocenters. The van der Waals surface area contributed by atoms with Gasteiger partial charge in [-0.25, -0.2) is 4.39 Å². The van der Waals surface area contributed by atoms with Crippen molar-refractivity contribution in [1.82, 2.24) is 10.2 Å². The second kappa shape index (κ2) is 9.51. The van der Waals surface area contributed by atoms with Crippen molar-refractivity contribution in [3.05, 3.63) is 65.0 Å². The maximum Gasteiger partial charge on any atom is 0.255 e. The van der Waals surface area contributed by atoms with Crippen LogP contribution >= 0.6 is 0 Å². The van der Waals surface area contributed by atoms with Crippen molar-refractivity contribution in [2.24, 2.45) is 0 Å². The average molecular weight is 370 g/mol. The van der Waals surface area contributed by atoms with Crippen LogP contribution in [0.4, 0.5) is 4.39 Å². The fourth-order valence-electron chi connectivity index (χ4n) is 3.46. The predicted octanol–water partition coefficient (Wildman–Crippen LogP) is 3.53. The van der Waals surface area contributed by atoms with E-state index in [-0.39, 0.29) is 11.3 Å². The van der Waals surface area contributed by atoms with E-state index in [1.807, 2.05) is 0 Å². The van der Waals surface area contributed by atoms with E-state index in [1.54, 1.807) is 0 Å². The molecule has 0 saturated carbocycles. The summed E-state index contributed by atoms with van der Waals surface area (Å²) >= 11 is 0. The molecule has 1 heterocycles. The maximum absolute atomic E-state index is 13.0. The molecule has 27 heavy (non-hydrogen) atoms. The van der Waals surface area contributed by atoms with E-state index in [2.05, 4.69) is 34.5 Å². The van der Waals surface area contributed by atoms with Crippen molar-refractivity contribution in [3.8, 4) is 5.75 Å². The van der Waals surface area contributed by atoms with Gasteiger partial charge in [0.15, 0.2) is 0 Å². The number of benzene rings is 2. The standard InChI is InChI=1S/C22H27FN2O2/c23-19-8-9-20(21(26)16-19)22(27)24-12-10-17-4-6-18(7-5-17)11-15-25-13-2-1-3-14-25/h4-9,16,26H,1-3,10-15H2,(H,24,27). The highest BCUT2D eigenvalue weighted by Gasteiger charge is 2.11. The lowest BCUT2D eigenvalue weighted by molar-refractivity contribution is 0.0951. The van der Waals surface area contributed by atoms with E-state index in [0.717, 1.165) is 30.7 Å². The first-order valence-corrected chi connectivity index (χ1v) is 9.69. The van der Waals surface area contributed by atoms with Crippen LogP contribution < -0.4 is 5.32 Å². The Hall–Kier alpha value is -2.40. The summed E-state index contributed by atoms with van der Waals surface area (Å²) in [5.74, 6) is -1.30. The third-order valence-electron chi connectivity index (χ3n) is 5.09. The monoisotopic (exact) mass is 370 g/mol. The molecule has 5 heteroatoms. The molecule has 0 unspecified atom stereocenters. The third-order valence-corrected chi connectivity index (χ3v) is 5.09. The number of aromatic hydroxyl groups is 1. The summed E-state index contributed by atoms with van der Waals surface area (Å²) in [6.07, 6.45) is 5.78. The molecule has 1 aliphatic heterocycles. The summed E-state index contributed by atoms with van der Waals surface area (Å²) in [5, 5.41) is 12.4. The second-order valence-corrected chi connectivity index (χ2v) is 7.14. The third kappa shape index (κ3) is 5.79. The van der Waals surface area contributed by atoms with Gasteiger partial charge in [0.25, 0.3) is 5.91 Å². The number of nitrogens with zero attached hydrogens (tertiary/aromatic N) is 1. The maximum atomic E-state index is 13.0. The molecule has 3 rings (SSSR count). The summed E-state index contributed by atoms with van der Waals surface area (Å²) in [7, 11) is 0. The van der Waals surface area contributed by atoms with Gasteiger partial charge < -0.3 is 15.3 Å². The Kier molecular flexibility index (Phi) is 6.82. The molecular weight excluding hydrogens is 343 g/mol. The second-order valence-electron chi connectivity index (χ2n) is 7.14. The van der Waals surface area contributed by atoms with Gasteiger partial charge >= 0.3 is 0 Å². The molecule has 1 fully saturated rings. The minimum Gasteiger partial charge on any atom is -0.507 e. The average Bonchev–Trinajstić information content (AvgIpc) is 2.68.